The first kappa shape index (κ1) is 11.7. The van der Waals surface area contributed by atoms with Crippen molar-refractivity contribution in [1.82, 2.24) is 24.6 Å². The van der Waals surface area contributed by atoms with Gasteiger partial charge in [0.2, 0.25) is 15.0 Å². The average Bonchev–Trinajstić information content (AvgIpc) is 2.85. The van der Waals surface area contributed by atoms with Crippen molar-refractivity contribution in [3.8, 4) is 11.4 Å². The van der Waals surface area contributed by atoms with E-state index < -0.39 is 9.84 Å². The Morgan fingerprint density at radius 2 is 1.84 bits per heavy atom. The summed E-state index contributed by atoms with van der Waals surface area (Å²) in [5.74, 6) is 0. The van der Waals surface area contributed by atoms with Crippen LogP contribution in [0, 0.1) is 0 Å². The minimum Gasteiger partial charge on any atom is -0.227 e. The largest absolute Gasteiger partial charge is 0.247 e. The molecule has 7 nitrogen and oxygen atoms in total. The molecule has 0 saturated heterocycles. The number of aromatic nitrogens is 5. The Morgan fingerprint density at radius 1 is 1.05 bits per heavy atom. The van der Waals surface area contributed by atoms with Gasteiger partial charge in [0.25, 0.3) is 0 Å². The Morgan fingerprint density at radius 3 is 2.63 bits per heavy atom. The van der Waals surface area contributed by atoms with Crippen molar-refractivity contribution in [2.45, 2.75) is 5.16 Å². The first-order chi connectivity index (χ1) is 9.04. The lowest BCUT2D eigenvalue weighted by Gasteiger charge is -2.02. The smallest absolute Gasteiger partial charge is 0.227 e. The standard InChI is InChI=1S/C11H9N5O2S/c1-19(17,18)11-12-5-2-8(15-11)9-4-7-16-10(14-9)3-6-13-16/h2-7H,1H3. The van der Waals surface area contributed by atoms with Gasteiger partial charge in [-0.25, -0.2) is 27.9 Å². The summed E-state index contributed by atoms with van der Waals surface area (Å²) < 4.78 is 24.5. The molecule has 8 heteroatoms. The van der Waals surface area contributed by atoms with Gasteiger partial charge < -0.3 is 0 Å². The van der Waals surface area contributed by atoms with Crippen molar-refractivity contribution in [2.24, 2.45) is 0 Å². The van der Waals surface area contributed by atoms with Crippen LogP contribution in [-0.2, 0) is 9.84 Å². The van der Waals surface area contributed by atoms with Crippen LogP contribution in [0.25, 0.3) is 17.0 Å². The van der Waals surface area contributed by atoms with Crippen molar-refractivity contribution in [3.63, 3.8) is 0 Å². The second-order valence-corrected chi connectivity index (χ2v) is 5.85. The molecular formula is C11H9N5O2S. The molecule has 0 N–H and O–H groups in total. The van der Waals surface area contributed by atoms with Gasteiger partial charge >= 0.3 is 0 Å². The summed E-state index contributed by atoms with van der Waals surface area (Å²) in [6.45, 7) is 0. The van der Waals surface area contributed by atoms with E-state index in [2.05, 4.69) is 20.1 Å². The van der Waals surface area contributed by atoms with Gasteiger partial charge in [-0.3, -0.25) is 0 Å². The lowest BCUT2D eigenvalue weighted by atomic mass is 10.3. The molecule has 96 valence electrons. The van der Waals surface area contributed by atoms with E-state index in [0.29, 0.717) is 17.0 Å². The van der Waals surface area contributed by atoms with Gasteiger partial charge in [0.15, 0.2) is 5.65 Å². The van der Waals surface area contributed by atoms with Crippen molar-refractivity contribution in [2.75, 3.05) is 6.26 Å². The number of rotatable bonds is 2. The van der Waals surface area contributed by atoms with E-state index in [1.807, 2.05) is 0 Å². The van der Waals surface area contributed by atoms with Crippen LogP contribution in [-0.4, -0.2) is 39.2 Å². The third kappa shape index (κ3) is 2.17. The van der Waals surface area contributed by atoms with Crippen molar-refractivity contribution >= 4 is 15.5 Å². The number of nitrogens with zero attached hydrogens (tertiary/aromatic N) is 5. The summed E-state index contributed by atoms with van der Waals surface area (Å²) in [6, 6.07) is 5.08. The molecule has 0 aliphatic heterocycles. The minimum atomic E-state index is -3.43. The number of sulfone groups is 1. The molecule has 3 heterocycles. The zero-order chi connectivity index (χ0) is 13.5. The third-order valence-electron chi connectivity index (χ3n) is 2.49. The Hall–Kier alpha value is -2.35. The quantitative estimate of drug-likeness (QED) is 0.636. The van der Waals surface area contributed by atoms with E-state index in [-0.39, 0.29) is 5.16 Å². The van der Waals surface area contributed by atoms with Gasteiger partial charge in [0.1, 0.15) is 0 Å². The predicted molar refractivity (Wildman–Crippen MR) is 67.1 cm³/mol. The molecule has 0 aliphatic carbocycles. The molecule has 3 aromatic rings. The van der Waals surface area contributed by atoms with Crippen molar-refractivity contribution < 1.29 is 8.42 Å². The second kappa shape index (κ2) is 4.09. The van der Waals surface area contributed by atoms with E-state index in [1.165, 1.54) is 6.20 Å². The molecule has 0 aromatic carbocycles. The average molecular weight is 275 g/mol. The highest BCUT2D eigenvalue weighted by Crippen LogP contribution is 2.15. The van der Waals surface area contributed by atoms with Gasteiger partial charge in [0.05, 0.1) is 17.6 Å². The summed E-state index contributed by atoms with van der Waals surface area (Å²) in [4.78, 5) is 12.1. The molecule has 0 radical (unpaired) electrons. The summed E-state index contributed by atoms with van der Waals surface area (Å²) in [5.41, 5.74) is 1.69. The fraction of sp³-hybridized carbons (Fsp3) is 0.0909. The maximum Gasteiger partial charge on any atom is 0.247 e. The van der Waals surface area contributed by atoms with Crippen LogP contribution in [0.15, 0.2) is 41.9 Å². The Bertz CT molecular complexity index is 856. The second-order valence-electron chi connectivity index (χ2n) is 3.94. The lowest BCUT2D eigenvalue weighted by molar-refractivity contribution is 0.593. The molecule has 0 fully saturated rings. The molecule has 0 spiro atoms. The summed E-state index contributed by atoms with van der Waals surface area (Å²) in [7, 11) is -3.43. The number of hydrogen-bond acceptors (Lipinski definition) is 6. The highest BCUT2D eigenvalue weighted by atomic mass is 32.2. The van der Waals surface area contributed by atoms with Gasteiger partial charge in [-0.05, 0) is 12.1 Å². The fourth-order valence-corrected chi connectivity index (χ4v) is 2.13. The predicted octanol–water partition coefficient (Wildman–Crippen LogP) is 0.590. The van der Waals surface area contributed by atoms with Gasteiger partial charge in [0, 0.05) is 24.7 Å². The Balaban J connectivity index is 2.15. The van der Waals surface area contributed by atoms with Gasteiger partial charge in [-0.15, -0.1) is 0 Å². The molecule has 3 aromatic heterocycles. The van der Waals surface area contributed by atoms with E-state index in [4.69, 9.17) is 0 Å². The topological polar surface area (TPSA) is 90.1 Å². The highest BCUT2D eigenvalue weighted by molar-refractivity contribution is 7.90. The van der Waals surface area contributed by atoms with Crippen LogP contribution in [0.3, 0.4) is 0 Å². The van der Waals surface area contributed by atoms with Crippen LogP contribution in [0.5, 0.6) is 0 Å². The molecule has 0 unspecified atom stereocenters. The maximum atomic E-state index is 11.4. The highest BCUT2D eigenvalue weighted by Gasteiger charge is 2.12. The lowest BCUT2D eigenvalue weighted by Crippen LogP contribution is -2.04. The zero-order valence-corrected chi connectivity index (χ0v) is 10.7. The molecular weight excluding hydrogens is 266 g/mol. The molecule has 0 amide bonds. The van der Waals surface area contributed by atoms with Gasteiger partial charge in [-0.2, -0.15) is 5.10 Å². The Kier molecular flexibility index (Phi) is 2.53. The number of hydrogen-bond donors (Lipinski definition) is 0. The van der Waals surface area contributed by atoms with Crippen molar-refractivity contribution in [3.05, 3.63) is 36.8 Å². The van der Waals surface area contributed by atoms with Crippen molar-refractivity contribution in [1.29, 1.82) is 0 Å². The van der Waals surface area contributed by atoms with E-state index >= 15 is 0 Å². The van der Waals surface area contributed by atoms with Gasteiger partial charge in [-0.1, -0.05) is 0 Å². The van der Waals surface area contributed by atoms with Crippen LogP contribution in [0.4, 0.5) is 0 Å². The third-order valence-corrected chi connectivity index (χ3v) is 3.35. The summed E-state index contributed by atoms with van der Waals surface area (Å²) in [6.07, 6.45) is 5.84. The molecule has 0 aliphatic rings. The molecule has 0 atom stereocenters. The fourth-order valence-electron chi connectivity index (χ4n) is 1.62. The minimum absolute atomic E-state index is 0.208. The molecule has 19 heavy (non-hydrogen) atoms. The normalized spacial score (nSPS) is 11.8. The molecule has 3 rings (SSSR count). The SMILES string of the molecule is CS(=O)(=O)c1nccc(-c2ccn3nccc3n2)n1. The number of fused-ring (bicyclic) bond motifs is 1. The van der Waals surface area contributed by atoms with E-state index in [9.17, 15) is 8.42 Å². The summed E-state index contributed by atoms with van der Waals surface area (Å²) in [5, 5.41) is 3.83. The molecule has 0 bridgehead atoms. The van der Waals surface area contributed by atoms with Crippen LogP contribution >= 0.6 is 0 Å². The van der Waals surface area contributed by atoms with Crippen LogP contribution in [0.2, 0.25) is 0 Å². The summed E-state index contributed by atoms with van der Waals surface area (Å²) >= 11 is 0. The zero-order valence-electron chi connectivity index (χ0n) is 9.92. The van der Waals surface area contributed by atoms with E-state index in [1.54, 1.807) is 35.1 Å². The monoisotopic (exact) mass is 275 g/mol. The maximum absolute atomic E-state index is 11.4. The van der Waals surface area contributed by atoms with Crippen LogP contribution in [0.1, 0.15) is 0 Å². The first-order valence-corrected chi connectivity index (χ1v) is 7.27. The first-order valence-electron chi connectivity index (χ1n) is 5.38. The van der Waals surface area contributed by atoms with Crippen LogP contribution < -0.4 is 0 Å². The van der Waals surface area contributed by atoms with E-state index in [0.717, 1.165) is 6.26 Å². The Labute approximate surface area is 108 Å². The molecule has 0 saturated carbocycles.